The lowest BCUT2D eigenvalue weighted by Crippen LogP contribution is -2.12. The molecule has 2 aromatic carbocycles. The van der Waals surface area contributed by atoms with Gasteiger partial charge in [-0.25, -0.2) is 4.39 Å². The van der Waals surface area contributed by atoms with E-state index in [0.29, 0.717) is 23.1 Å². The average molecular weight is 321 g/mol. The van der Waals surface area contributed by atoms with Crippen LogP contribution in [0.25, 0.3) is 0 Å². The van der Waals surface area contributed by atoms with Crippen molar-refractivity contribution in [3.05, 3.63) is 69.5 Å². The van der Waals surface area contributed by atoms with Crippen LogP contribution in [0.1, 0.15) is 11.1 Å². The van der Waals surface area contributed by atoms with E-state index in [1.54, 1.807) is 18.2 Å². The fraction of sp³-hybridized carbons (Fsp3) is 0.143. The van der Waals surface area contributed by atoms with Crippen LogP contribution in [0.5, 0.6) is 0 Å². The van der Waals surface area contributed by atoms with Crippen molar-refractivity contribution in [2.45, 2.75) is 13.1 Å². The summed E-state index contributed by atoms with van der Waals surface area (Å²) in [5.74, 6) is -0.219. The molecule has 0 aliphatic rings. The number of hydrogen-bond donors (Lipinski definition) is 1. The summed E-state index contributed by atoms with van der Waals surface area (Å²) in [5, 5.41) is 4.37. The molecule has 2 rings (SSSR count). The van der Waals surface area contributed by atoms with E-state index in [-0.39, 0.29) is 18.2 Å². The third kappa shape index (κ3) is 5.00. The van der Waals surface area contributed by atoms with E-state index in [4.69, 9.17) is 23.2 Å². The Hall–Kier alpha value is -0.800. The molecule has 0 saturated heterocycles. The quantitative estimate of drug-likeness (QED) is 0.849. The van der Waals surface area contributed by atoms with Crippen molar-refractivity contribution in [3.8, 4) is 0 Å². The molecule has 0 aliphatic heterocycles. The molecule has 0 bridgehead atoms. The van der Waals surface area contributed by atoms with Crippen molar-refractivity contribution >= 4 is 35.6 Å². The molecule has 19 heavy (non-hydrogen) atoms. The molecule has 0 fully saturated rings. The molecule has 0 heterocycles. The summed E-state index contributed by atoms with van der Waals surface area (Å²) in [7, 11) is 0. The molecule has 0 saturated carbocycles. The standard InChI is InChI=1S/C14H12Cl2FN.ClH/c15-13-6-3-11(7-14(13)16)9-18-8-10-1-4-12(17)5-2-10;/h1-7,18H,8-9H2;1H. The van der Waals surface area contributed by atoms with Crippen LogP contribution in [0, 0.1) is 5.82 Å². The van der Waals surface area contributed by atoms with E-state index in [2.05, 4.69) is 5.32 Å². The molecule has 5 heteroatoms. The van der Waals surface area contributed by atoms with Gasteiger partial charge in [0.05, 0.1) is 10.0 Å². The van der Waals surface area contributed by atoms with Gasteiger partial charge in [0.2, 0.25) is 0 Å². The number of benzene rings is 2. The monoisotopic (exact) mass is 319 g/mol. The second kappa shape index (κ2) is 7.71. The van der Waals surface area contributed by atoms with Gasteiger partial charge in [-0.3, -0.25) is 0 Å². The predicted molar refractivity (Wildman–Crippen MR) is 80.7 cm³/mol. The first kappa shape index (κ1) is 16.3. The van der Waals surface area contributed by atoms with Crippen LogP contribution < -0.4 is 5.32 Å². The molecule has 0 spiro atoms. The Morgan fingerprint density at radius 1 is 0.842 bits per heavy atom. The van der Waals surface area contributed by atoms with Crippen molar-refractivity contribution in [1.82, 2.24) is 5.32 Å². The first-order valence-electron chi connectivity index (χ1n) is 5.54. The molecule has 0 atom stereocenters. The predicted octanol–water partition coefficient (Wildman–Crippen LogP) is 4.84. The van der Waals surface area contributed by atoms with E-state index in [9.17, 15) is 4.39 Å². The largest absolute Gasteiger partial charge is 0.309 e. The highest BCUT2D eigenvalue weighted by atomic mass is 35.5. The van der Waals surface area contributed by atoms with Crippen LogP contribution in [0.3, 0.4) is 0 Å². The topological polar surface area (TPSA) is 12.0 Å². The average Bonchev–Trinajstić information content (AvgIpc) is 2.36. The van der Waals surface area contributed by atoms with E-state index in [1.807, 2.05) is 12.1 Å². The Morgan fingerprint density at radius 2 is 1.42 bits per heavy atom. The van der Waals surface area contributed by atoms with E-state index in [1.165, 1.54) is 12.1 Å². The molecular weight excluding hydrogens is 308 g/mol. The van der Waals surface area contributed by atoms with Gasteiger partial charge in [-0.1, -0.05) is 41.4 Å². The van der Waals surface area contributed by atoms with Gasteiger partial charge in [0, 0.05) is 13.1 Å². The molecule has 0 amide bonds. The van der Waals surface area contributed by atoms with Crippen molar-refractivity contribution in [2.75, 3.05) is 0 Å². The minimum atomic E-state index is -0.219. The lowest BCUT2D eigenvalue weighted by Gasteiger charge is -2.06. The van der Waals surface area contributed by atoms with Gasteiger partial charge in [-0.2, -0.15) is 0 Å². The lowest BCUT2D eigenvalue weighted by molar-refractivity contribution is 0.625. The molecular formula is C14H13Cl3FN. The fourth-order valence-electron chi connectivity index (χ4n) is 1.60. The Labute approximate surface area is 128 Å². The van der Waals surface area contributed by atoms with Gasteiger partial charge in [0.1, 0.15) is 5.82 Å². The maximum atomic E-state index is 12.7. The zero-order valence-corrected chi connectivity index (χ0v) is 12.3. The zero-order valence-electron chi connectivity index (χ0n) is 10.00. The second-order valence-corrected chi connectivity index (χ2v) is 4.79. The highest BCUT2D eigenvalue weighted by Gasteiger charge is 1.99. The molecule has 0 unspecified atom stereocenters. The van der Waals surface area contributed by atoms with Crippen molar-refractivity contribution in [2.24, 2.45) is 0 Å². The lowest BCUT2D eigenvalue weighted by atomic mass is 10.2. The Balaban J connectivity index is 0.00000180. The Bertz CT molecular complexity index is 529. The molecule has 1 N–H and O–H groups in total. The molecule has 102 valence electrons. The maximum Gasteiger partial charge on any atom is 0.123 e. The smallest absolute Gasteiger partial charge is 0.123 e. The van der Waals surface area contributed by atoms with E-state index in [0.717, 1.165) is 11.1 Å². The molecule has 0 aliphatic carbocycles. The summed E-state index contributed by atoms with van der Waals surface area (Å²) in [6.07, 6.45) is 0. The van der Waals surface area contributed by atoms with Crippen LogP contribution in [-0.2, 0) is 13.1 Å². The van der Waals surface area contributed by atoms with Gasteiger partial charge in [-0.05, 0) is 35.4 Å². The maximum absolute atomic E-state index is 12.7. The van der Waals surface area contributed by atoms with Gasteiger partial charge in [0.25, 0.3) is 0 Å². The van der Waals surface area contributed by atoms with Gasteiger partial charge < -0.3 is 5.32 Å². The minimum Gasteiger partial charge on any atom is -0.309 e. The zero-order chi connectivity index (χ0) is 13.0. The third-order valence-electron chi connectivity index (χ3n) is 2.56. The molecule has 0 radical (unpaired) electrons. The second-order valence-electron chi connectivity index (χ2n) is 3.98. The first-order chi connectivity index (χ1) is 8.65. The van der Waals surface area contributed by atoms with Crippen LogP contribution in [0.15, 0.2) is 42.5 Å². The molecule has 2 aromatic rings. The summed E-state index contributed by atoms with van der Waals surface area (Å²) in [5.41, 5.74) is 2.10. The highest BCUT2D eigenvalue weighted by molar-refractivity contribution is 6.42. The molecule has 0 aromatic heterocycles. The summed E-state index contributed by atoms with van der Waals surface area (Å²) in [6.45, 7) is 1.37. The van der Waals surface area contributed by atoms with Gasteiger partial charge in [-0.15, -0.1) is 12.4 Å². The number of hydrogen-bond acceptors (Lipinski definition) is 1. The van der Waals surface area contributed by atoms with Gasteiger partial charge >= 0.3 is 0 Å². The van der Waals surface area contributed by atoms with E-state index < -0.39 is 0 Å². The SMILES string of the molecule is Cl.Fc1ccc(CNCc2ccc(Cl)c(Cl)c2)cc1. The van der Waals surface area contributed by atoms with Crippen LogP contribution in [-0.4, -0.2) is 0 Å². The highest BCUT2D eigenvalue weighted by Crippen LogP contribution is 2.22. The summed E-state index contributed by atoms with van der Waals surface area (Å²) < 4.78 is 12.7. The van der Waals surface area contributed by atoms with Crippen molar-refractivity contribution in [1.29, 1.82) is 0 Å². The summed E-state index contributed by atoms with van der Waals surface area (Å²) in [6, 6.07) is 12.0. The van der Waals surface area contributed by atoms with Crippen LogP contribution >= 0.6 is 35.6 Å². The summed E-state index contributed by atoms with van der Waals surface area (Å²) >= 11 is 11.8. The van der Waals surface area contributed by atoms with Crippen molar-refractivity contribution < 1.29 is 4.39 Å². The molecule has 1 nitrogen and oxygen atoms in total. The van der Waals surface area contributed by atoms with Crippen molar-refractivity contribution in [3.63, 3.8) is 0 Å². The third-order valence-corrected chi connectivity index (χ3v) is 3.29. The fourth-order valence-corrected chi connectivity index (χ4v) is 1.92. The number of nitrogens with one attached hydrogen (secondary N) is 1. The Morgan fingerprint density at radius 3 is 2.05 bits per heavy atom. The van der Waals surface area contributed by atoms with E-state index >= 15 is 0 Å². The normalized spacial score (nSPS) is 10.1. The first-order valence-corrected chi connectivity index (χ1v) is 6.30. The number of halogens is 4. The van der Waals surface area contributed by atoms with Crippen LogP contribution in [0.2, 0.25) is 10.0 Å². The number of rotatable bonds is 4. The Kier molecular flexibility index (Phi) is 6.59. The van der Waals surface area contributed by atoms with Gasteiger partial charge in [0.15, 0.2) is 0 Å². The summed E-state index contributed by atoms with van der Waals surface area (Å²) in [4.78, 5) is 0. The minimum absolute atomic E-state index is 0. The van der Waals surface area contributed by atoms with Crippen LogP contribution in [0.4, 0.5) is 4.39 Å².